The van der Waals surface area contributed by atoms with E-state index in [4.69, 9.17) is 0 Å². The first-order valence-electron chi connectivity index (χ1n) is 0.893. The van der Waals surface area contributed by atoms with Gasteiger partial charge in [0.1, 0.15) is 11.4 Å². The maximum Gasteiger partial charge on any atom is 0.107 e. The molecule has 0 aliphatic heterocycles. The molecule has 38 valence electrons. The van der Waals surface area contributed by atoms with Gasteiger partial charge >= 0.3 is 0 Å². The van der Waals surface area contributed by atoms with Gasteiger partial charge in [0.2, 0.25) is 0 Å². The summed E-state index contributed by atoms with van der Waals surface area (Å²) in [7, 11) is 0. The van der Waals surface area contributed by atoms with E-state index in [2.05, 4.69) is 16.1 Å². The lowest BCUT2D eigenvalue weighted by molar-refractivity contribution is 0.267. The van der Waals surface area contributed by atoms with Gasteiger partial charge in [-0.05, 0) is 0 Å². The zero-order chi connectivity index (χ0) is 4.99. The molecule has 0 bridgehead atoms. The van der Waals surface area contributed by atoms with Crippen molar-refractivity contribution in [1.82, 2.24) is 5.00 Å². The van der Waals surface area contributed by atoms with Crippen molar-refractivity contribution in [3.8, 4) is 0 Å². The van der Waals surface area contributed by atoms with E-state index < -0.39 is 11.4 Å². The zero-order valence-electron chi connectivity index (χ0n) is 2.51. The van der Waals surface area contributed by atoms with Crippen LogP contribution < -0.4 is 5.00 Å². The van der Waals surface area contributed by atoms with E-state index in [0.717, 1.165) is 0 Å². The van der Waals surface area contributed by atoms with Crippen LogP contribution >= 0.6 is 11.8 Å². The SMILES string of the molecule is O=S([O-])ONCl. The van der Waals surface area contributed by atoms with Gasteiger partial charge < -0.3 is 4.55 Å². The van der Waals surface area contributed by atoms with Gasteiger partial charge in [-0.2, -0.15) is 4.28 Å². The maximum absolute atomic E-state index is 9.23. The predicted octanol–water partition coefficient (Wildman–Crippen LogP) is -0.544. The lowest BCUT2D eigenvalue weighted by Gasteiger charge is -1.97. The predicted molar refractivity (Wildman–Crippen MR) is 19.0 cm³/mol. The topological polar surface area (TPSA) is 61.4 Å². The Morgan fingerprint density at radius 1 is 2.00 bits per heavy atom. The van der Waals surface area contributed by atoms with Gasteiger partial charge in [-0.15, -0.1) is 0 Å². The third kappa shape index (κ3) is 4.32. The molecule has 0 aliphatic rings. The van der Waals surface area contributed by atoms with Gasteiger partial charge in [0.15, 0.2) is 0 Å². The second-order valence-electron chi connectivity index (χ2n) is 0.365. The first-order chi connectivity index (χ1) is 2.77. The summed E-state index contributed by atoms with van der Waals surface area (Å²) in [5.74, 6) is 0. The first-order valence-corrected chi connectivity index (χ1v) is 2.27. The molecule has 0 spiro atoms. The molecule has 0 aliphatic carbocycles. The van der Waals surface area contributed by atoms with Crippen LogP contribution in [0.3, 0.4) is 0 Å². The van der Waals surface area contributed by atoms with E-state index in [0.29, 0.717) is 0 Å². The van der Waals surface area contributed by atoms with Crippen LogP contribution in [0.15, 0.2) is 0 Å². The molecule has 0 aromatic rings. The highest BCUT2D eigenvalue weighted by atomic mass is 35.5. The van der Waals surface area contributed by atoms with Gasteiger partial charge in [0.25, 0.3) is 0 Å². The van der Waals surface area contributed by atoms with Crippen molar-refractivity contribution in [2.75, 3.05) is 0 Å². The highest BCUT2D eigenvalue weighted by Crippen LogP contribution is 1.69. The summed E-state index contributed by atoms with van der Waals surface area (Å²) in [6, 6.07) is 0. The molecular weight excluding hydrogens is 130 g/mol. The van der Waals surface area contributed by atoms with Crippen LogP contribution in [0.25, 0.3) is 0 Å². The van der Waals surface area contributed by atoms with Crippen molar-refractivity contribution < 1.29 is 13.0 Å². The van der Waals surface area contributed by atoms with E-state index in [9.17, 15) is 8.76 Å². The van der Waals surface area contributed by atoms with Crippen molar-refractivity contribution in [3.05, 3.63) is 0 Å². The number of hydrogen-bond acceptors (Lipinski definition) is 4. The summed E-state index contributed by atoms with van der Waals surface area (Å²) in [6.45, 7) is 0. The minimum Gasteiger partial charge on any atom is -0.748 e. The molecule has 1 unspecified atom stereocenters. The third-order valence-electron chi connectivity index (χ3n) is 0.0995. The fraction of sp³-hybridized carbons (Fsp3) is 0. The monoisotopic (exact) mass is 130 g/mol. The van der Waals surface area contributed by atoms with Crippen LogP contribution in [0.1, 0.15) is 0 Å². The summed E-state index contributed by atoms with van der Waals surface area (Å²) < 4.78 is 21.9. The standard InChI is InChI=1S/ClH2NO3S/c1-2-5-6(3)4/h2H,(H,3,4)/p-1. The molecule has 1 N–H and O–H groups in total. The molecule has 0 fully saturated rings. The first kappa shape index (κ1) is 6.32. The number of hydrogen-bond donors (Lipinski definition) is 1. The molecule has 0 heterocycles. The Bertz CT molecular complexity index is 54.8. The largest absolute Gasteiger partial charge is 0.748 e. The molecule has 0 amide bonds. The molecule has 0 saturated heterocycles. The van der Waals surface area contributed by atoms with E-state index in [1.165, 1.54) is 5.00 Å². The second-order valence-corrected chi connectivity index (χ2v) is 1.09. The Hall–Kier alpha value is 0.320. The molecule has 0 aromatic carbocycles. The summed E-state index contributed by atoms with van der Waals surface area (Å²) >= 11 is 1.97. The van der Waals surface area contributed by atoms with Crippen LogP contribution in [0.5, 0.6) is 0 Å². The molecular formula is HClNO3S-. The van der Waals surface area contributed by atoms with Gasteiger partial charge in [0.05, 0.1) is 0 Å². The van der Waals surface area contributed by atoms with Gasteiger partial charge in [0, 0.05) is 11.8 Å². The Labute approximate surface area is 42.0 Å². The average Bonchev–Trinajstić information content (AvgIpc) is 1.35. The smallest absolute Gasteiger partial charge is 0.107 e. The molecule has 1 atom stereocenters. The summed E-state index contributed by atoms with van der Waals surface area (Å²) in [5, 5.41) is 0. The van der Waals surface area contributed by atoms with Crippen molar-refractivity contribution in [1.29, 1.82) is 0 Å². The Morgan fingerprint density at radius 2 is 2.50 bits per heavy atom. The minimum absolute atomic E-state index is 1.43. The maximum atomic E-state index is 9.23. The highest BCUT2D eigenvalue weighted by molar-refractivity contribution is 7.74. The fourth-order valence-corrected chi connectivity index (χ4v) is 0.231. The lowest BCUT2D eigenvalue weighted by Crippen LogP contribution is -2.02. The number of halogens is 1. The van der Waals surface area contributed by atoms with Crippen LogP contribution in [0, 0.1) is 0 Å². The number of nitrogens with one attached hydrogen (secondary N) is 1. The quantitative estimate of drug-likeness (QED) is 0.310. The fourth-order valence-electron chi connectivity index (χ4n) is 0.0257. The molecule has 0 saturated carbocycles. The van der Waals surface area contributed by atoms with E-state index in [1.54, 1.807) is 0 Å². The molecule has 0 aromatic heterocycles. The Kier molecular flexibility index (Phi) is 3.70. The normalized spacial score (nSPS) is 14.3. The Morgan fingerprint density at radius 3 is 2.50 bits per heavy atom. The van der Waals surface area contributed by atoms with Crippen molar-refractivity contribution in [2.24, 2.45) is 0 Å². The Balaban J connectivity index is 2.83. The van der Waals surface area contributed by atoms with Gasteiger partial charge in [-0.1, -0.05) is 5.00 Å². The number of rotatable bonds is 2. The highest BCUT2D eigenvalue weighted by Gasteiger charge is 1.70. The van der Waals surface area contributed by atoms with E-state index >= 15 is 0 Å². The van der Waals surface area contributed by atoms with Crippen molar-refractivity contribution >= 4 is 23.1 Å². The van der Waals surface area contributed by atoms with Crippen LogP contribution in [-0.2, 0) is 15.6 Å². The molecule has 0 radical (unpaired) electrons. The average molecular weight is 131 g/mol. The van der Waals surface area contributed by atoms with Gasteiger partial charge in [-0.25, -0.2) is 4.21 Å². The van der Waals surface area contributed by atoms with Crippen molar-refractivity contribution in [2.45, 2.75) is 0 Å². The zero-order valence-corrected chi connectivity index (χ0v) is 4.08. The third-order valence-corrected chi connectivity index (χ3v) is 0.488. The minimum atomic E-state index is -2.56. The molecule has 4 nitrogen and oxygen atoms in total. The summed E-state index contributed by atoms with van der Waals surface area (Å²) in [6.07, 6.45) is 0. The van der Waals surface area contributed by atoms with Crippen LogP contribution in [0.2, 0.25) is 0 Å². The summed E-state index contributed by atoms with van der Waals surface area (Å²) in [5.41, 5.74) is 0. The molecule has 6 heteroatoms. The van der Waals surface area contributed by atoms with Crippen molar-refractivity contribution in [3.63, 3.8) is 0 Å². The second kappa shape index (κ2) is 3.51. The lowest BCUT2D eigenvalue weighted by atomic mass is 13.5. The molecule has 6 heavy (non-hydrogen) atoms. The van der Waals surface area contributed by atoms with Crippen LogP contribution in [-0.4, -0.2) is 8.76 Å². The van der Waals surface area contributed by atoms with Gasteiger partial charge in [-0.3, -0.25) is 0 Å². The molecule has 0 rings (SSSR count). The van der Waals surface area contributed by atoms with E-state index in [1.807, 2.05) is 0 Å². The summed E-state index contributed by atoms with van der Waals surface area (Å²) in [4.78, 5) is 1.43. The van der Waals surface area contributed by atoms with Crippen LogP contribution in [0.4, 0.5) is 0 Å². The van der Waals surface area contributed by atoms with E-state index in [-0.39, 0.29) is 0 Å².